The van der Waals surface area contributed by atoms with E-state index in [1.54, 1.807) is 31.8 Å². The van der Waals surface area contributed by atoms with Crippen LogP contribution in [0.3, 0.4) is 0 Å². The number of carbonyl (C=O) groups excluding carboxylic acids is 1. The summed E-state index contributed by atoms with van der Waals surface area (Å²) < 4.78 is 11.8. The van der Waals surface area contributed by atoms with Crippen molar-refractivity contribution in [1.29, 1.82) is 0 Å². The molecule has 1 unspecified atom stereocenters. The third kappa shape index (κ3) is 3.84. The fraction of sp³-hybridized carbons (Fsp3) is 0.353. The smallest absolute Gasteiger partial charge is 0.255 e. The highest BCUT2D eigenvalue weighted by Crippen LogP contribution is 2.25. The van der Waals surface area contributed by atoms with Gasteiger partial charge in [0, 0.05) is 23.4 Å². The van der Waals surface area contributed by atoms with Crippen molar-refractivity contribution in [2.24, 2.45) is 0 Å². The summed E-state index contributed by atoms with van der Waals surface area (Å²) in [7, 11) is 1.59. The minimum Gasteiger partial charge on any atom is -0.497 e. The maximum absolute atomic E-state index is 12.8. The highest BCUT2D eigenvalue weighted by Gasteiger charge is 2.27. The molecule has 1 aliphatic heterocycles. The van der Waals surface area contributed by atoms with Crippen LogP contribution in [-0.2, 0) is 0 Å². The molecular weight excluding hydrogens is 374 g/mol. The van der Waals surface area contributed by atoms with Gasteiger partial charge in [-0.1, -0.05) is 0 Å². The summed E-state index contributed by atoms with van der Waals surface area (Å²) >= 11 is 3.44. The number of benzene rings is 1. The predicted octanol–water partition coefficient (Wildman–Crippen LogP) is 2.93. The second-order valence-corrected chi connectivity index (χ2v) is 6.38. The van der Waals surface area contributed by atoms with Crippen LogP contribution in [0, 0.1) is 0 Å². The Morgan fingerprint density at radius 1 is 1.38 bits per heavy atom. The first-order valence-corrected chi connectivity index (χ1v) is 8.52. The van der Waals surface area contributed by atoms with Crippen molar-refractivity contribution in [3.63, 3.8) is 0 Å². The van der Waals surface area contributed by atoms with E-state index >= 15 is 0 Å². The number of methoxy groups -OCH3 is 1. The Labute approximate surface area is 148 Å². The third-order valence-electron chi connectivity index (χ3n) is 3.90. The molecule has 0 bridgehead atoms. The molecule has 6 nitrogen and oxygen atoms in total. The van der Waals surface area contributed by atoms with E-state index in [0.29, 0.717) is 30.3 Å². The molecule has 1 aromatic heterocycles. The first-order valence-electron chi connectivity index (χ1n) is 7.73. The van der Waals surface area contributed by atoms with Crippen LogP contribution in [0.25, 0.3) is 0 Å². The molecule has 1 aromatic carbocycles. The molecule has 1 atom stereocenters. The van der Waals surface area contributed by atoms with Crippen molar-refractivity contribution >= 4 is 21.8 Å². The van der Waals surface area contributed by atoms with E-state index in [9.17, 15) is 4.79 Å². The minimum atomic E-state index is -0.0798. The maximum Gasteiger partial charge on any atom is 0.255 e. The van der Waals surface area contributed by atoms with Crippen molar-refractivity contribution in [2.75, 3.05) is 20.2 Å². The number of hydrogen-bond acceptors (Lipinski definition) is 5. The van der Waals surface area contributed by atoms with E-state index in [1.807, 2.05) is 17.0 Å². The molecule has 0 aliphatic carbocycles. The fourth-order valence-electron chi connectivity index (χ4n) is 2.70. The van der Waals surface area contributed by atoms with Gasteiger partial charge in [0.15, 0.2) is 0 Å². The summed E-state index contributed by atoms with van der Waals surface area (Å²) in [5.74, 6) is 1.11. The molecule has 126 valence electrons. The van der Waals surface area contributed by atoms with Gasteiger partial charge in [-0.2, -0.15) is 0 Å². The van der Waals surface area contributed by atoms with Crippen LogP contribution in [0.15, 0.2) is 41.3 Å². The molecule has 0 N–H and O–H groups in total. The van der Waals surface area contributed by atoms with E-state index < -0.39 is 0 Å². The molecule has 0 radical (unpaired) electrons. The number of hydrogen-bond donors (Lipinski definition) is 0. The fourth-order valence-corrected chi connectivity index (χ4v) is 3.12. The lowest BCUT2D eigenvalue weighted by atomic mass is 10.1. The average molecular weight is 392 g/mol. The third-order valence-corrected chi connectivity index (χ3v) is 4.59. The van der Waals surface area contributed by atoms with Crippen molar-refractivity contribution in [2.45, 2.75) is 18.9 Å². The maximum atomic E-state index is 12.8. The summed E-state index contributed by atoms with van der Waals surface area (Å²) in [6, 6.07) is 5.39. The van der Waals surface area contributed by atoms with Crippen LogP contribution in [0.1, 0.15) is 23.2 Å². The van der Waals surface area contributed by atoms with E-state index in [0.717, 1.165) is 17.3 Å². The van der Waals surface area contributed by atoms with E-state index in [4.69, 9.17) is 9.47 Å². The van der Waals surface area contributed by atoms with Crippen molar-refractivity contribution in [3.8, 4) is 11.6 Å². The molecule has 2 aromatic rings. The molecule has 0 spiro atoms. The Bertz CT molecular complexity index is 711. The van der Waals surface area contributed by atoms with Crippen LogP contribution < -0.4 is 9.47 Å². The van der Waals surface area contributed by atoms with E-state index in [2.05, 4.69) is 25.9 Å². The molecule has 1 saturated heterocycles. The lowest BCUT2D eigenvalue weighted by Gasteiger charge is -2.32. The van der Waals surface area contributed by atoms with Crippen molar-refractivity contribution < 1.29 is 14.3 Å². The number of aromatic nitrogens is 2. The average Bonchev–Trinajstić information content (AvgIpc) is 2.63. The zero-order chi connectivity index (χ0) is 16.9. The van der Waals surface area contributed by atoms with Gasteiger partial charge >= 0.3 is 0 Å². The Hall–Kier alpha value is -2.15. The molecule has 1 amide bonds. The van der Waals surface area contributed by atoms with Gasteiger partial charge in [0.05, 0.1) is 25.4 Å². The number of piperidine rings is 1. The monoisotopic (exact) mass is 391 g/mol. The van der Waals surface area contributed by atoms with Gasteiger partial charge in [-0.05, 0) is 47.0 Å². The first-order chi connectivity index (χ1) is 11.7. The standard InChI is InChI=1S/C17H18BrN3O3/c1-23-12-4-5-15(18)14(9-12)17(22)21-8-2-3-13(11-21)24-16-10-19-6-7-20-16/h4-7,9-10,13H,2-3,8,11H2,1H3. The quantitative estimate of drug-likeness (QED) is 0.801. The number of halogens is 1. The topological polar surface area (TPSA) is 64.5 Å². The summed E-state index contributed by atoms with van der Waals surface area (Å²) in [5, 5.41) is 0. The number of carbonyl (C=O) groups is 1. The number of nitrogens with zero attached hydrogens (tertiary/aromatic N) is 3. The Balaban J connectivity index is 1.71. The summed E-state index contributed by atoms with van der Waals surface area (Å²) in [4.78, 5) is 22.8. The van der Waals surface area contributed by atoms with Gasteiger partial charge in [0.2, 0.25) is 5.88 Å². The number of ether oxygens (including phenoxy) is 2. The number of rotatable bonds is 4. The molecule has 2 heterocycles. The molecule has 3 rings (SSSR count). The van der Waals surface area contributed by atoms with Gasteiger partial charge in [-0.3, -0.25) is 9.78 Å². The molecule has 1 aliphatic rings. The number of likely N-dealkylation sites (tertiary alicyclic amines) is 1. The zero-order valence-electron chi connectivity index (χ0n) is 13.3. The van der Waals surface area contributed by atoms with Crippen LogP contribution >= 0.6 is 15.9 Å². The molecule has 1 fully saturated rings. The lowest BCUT2D eigenvalue weighted by molar-refractivity contribution is 0.0526. The Morgan fingerprint density at radius 2 is 2.25 bits per heavy atom. The largest absolute Gasteiger partial charge is 0.497 e. The van der Waals surface area contributed by atoms with Gasteiger partial charge in [0.1, 0.15) is 11.9 Å². The molecule has 0 saturated carbocycles. The Morgan fingerprint density at radius 3 is 3.00 bits per heavy atom. The normalized spacial score (nSPS) is 17.4. The van der Waals surface area contributed by atoms with Crippen LogP contribution in [-0.4, -0.2) is 47.1 Å². The predicted molar refractivity (Wildman–Crippen MR) is 92.3 cm³/mol. The first kappa shape index (κ1) is 16.7. The Kier molecular flexibility index (Phi) is 5.30. The number of amides is 1. The van der Waals surface area contributed by atoms with E-state index in [1.165, 1.54) is 0 Å². The summed E-state index contributed by atoms with van der Waals surface area (Å²) in [5.41, 5.74) is 0.592. The van der Waals surface area contributed by atoms with Gasteiger partial charge < -0.3 is 14.4 Å². The van der Waals surface area contributed by atoms with Crippen molar-refractivity contribution in [3.05, 3.63) is 46.8 Å². The second-order valence-electron chi connectivity index (χ2n) is 5.52. The molecule has 7 heteroatoms. The van der Waals surface area contributed by atoms with Gasteiger partial charge in [0.25, 0.3) is 5.91 Å². The van der Waals surface area contributed by atoms with Crippen molar-refractivity contribution in [1.82, 2.24) is 14.9 Å². The van der Waals surface area contributed by atoms with E-state index in [-0.39, 0.29) is 12.0 Å². The van der Waals surface area contributed by atoms with Crippen LogP contribution in [0.5, 0.6) is 11.6 Å². The highest BCUT2D eigenvalue weighted by atomic mass is 79.9. The minimum absolute atomic E-state index is 0.0341. The highest BCUT2D eigenvalue weighted by molar-refractivity contribution is 9.10. The summed E-state index contributed by atoms with van der Waals surface area (Å²) in [6.07, 6.45) is 6.47. The molecular formula is C17H18BrN3O3. The second kappa shape index (κ2) is 7.61. The zero-order valence-corrected chi connectivity index (χ0v) is 14.9. The lowest BCUT2D eigenvalue weighted by Crippen LogP contribution is -2.44. The SMILES string of the molecule is COc1ccc(Br)c(C(=O)N2CCCC(Oc3cnccn3)C2)c1. The van der Waals surface area contributed by atoms with Gasteiger partial charge in [-0.15, -0.1) is 0 Å². The summed E-state index contributed by atoms with van der Waals surface area (Å²) in [6.45, 7) is 1.24. The van der Waals surface area contributed by atoms with Gasteiger partial charge in [-0.25, -0.2) is 4.98 Å². The molecule has 24 heavy (non-hydrogen) atoms. The van der Waals surface area contributed by atoms with Crippen LogP contribution in [0.4, 0.5) is 0 Å². The van der Waals surface area contributed by atoms with Crippen LogP contribution in [0.2, 0.25) is 0 Å².